The van der Waals surface area contributed by atoms with Crippen LogP contribution in [-0.2, 0) is 9.59 Å². The molecule has 1 aromatic carbocycles. The first-order chi connectivity index (χ1) is 13.5. The van der Waals surface area contributed by atoms with Crippen LogP contribution in [0.15, 0.2) is 24.3 Å². The van der Waals surface area contributed by atoms with Crippen LogP contribution in [-0.4, -0.2) is 53.6 Å². The van der Waals surface area contributed by atoms with Crippen LogP contribution < -0.4 is 0 Å². The molecule has 2 amide bonds. The lowest BCUT2D eigenvalue weighted by Crippen LogP contribution is -2.50. The van der Waals surface area contributed by atoms with Gasteiger partial charge in [0.05, 0.1) is 0 Å². The highest BCUT2D eigenvalue weighted by Crippen LogP contribution is 2.28. The lowest BCUT2D eigenvalue weighted by atomic mass is 10.0. The number of rotatable bonds is 7. The monoisotopic (exact) mass is 384 g/mol. The summed E-state index contributed by atoms with van der Waals surface area (Å²) in [7, 11) is 0. The van der Waals surface area contributed by atoms with Gasteiger partial charge in [-0.25, -0.2) is 0 Å². The topological polar surface area (TPSA) is 57.7 Å². The van der Waals surface area contributed by atoms with Crippen molar-refractivity contribution in [3.8, 4) is 0 Å². The van der Waals surface area contributed by atoms with Crippen LogP contribution in [0.25, 0.3) is 0 Å². The van der Waals surface area contributed by atoms with E-state index in [-0.39, 0.29) is 30.4 Å². The van der Waals surface area contributed by atoms with Gasteiger partial charge in [-0.1, -0.05) is 55.5 Å². The van der Waals surface area contributed by atoms with E-state index in [4.69, 9.17) is 0 Å². The minimum Gasteiger partial charge on any atom is -0.339 e. The molecule has 0 N–H and O–H groups in total. The number of hydrogen-bond acceptors (Lipinski definition) is 3. The molecule has 0 spiro atoms. The van der Waals surface area contributed by atoms with Crippen LogP contribution in [0.3, 0.4) is 0 Å². The van der Waals surface area contributed by atoms with E-state index in [1.165, 1.54) is 25.7 Å². The predicted octanol–water partition coefficient (Wildman–Crippen LogP) is 3.60. The van der Waals surface area contributed by atoms with Crippen LogP contribution in [0.1, 0.15) is 67.3 Å². The molecular formula is C23H32N2O3. The summed E-state index contributed by atoms with van der Waals surface area (Å²) in [5.41, 5.74) is 1.78. The molecule has 1 aliphatic heterocycles. The molecule has 1 heterocycles. The van der Waals surface area contributed by atoms with Crippen molar-refractivity contribution in [3.05, 3.63) is 35.4 Å². The molecule has 0 unspecified atom stereocenters. The molecule has 2 aliphatic rings. The maximum Gasteiger partial charge on any atom is 0.223 e. The molecule has 0 aromatic heterocycles. The lowest BCUT2D eigenvalue weighted by Gasteiger charge is -2.35. The summed E-state index contributed by atoms with van der Waals surface area (Å²) in [6.45, 7) is 4.36. The zero-order chi connectivity index (χ0) is 19.9. The Kier molecular flexibility index (Phi) is 7.24. The van der Waals surface area contributed by atoms with Crippen LogP contribution in [0.4, 0.5) is 0 Å². The van der Waals surface area contributed by atoms with Gasteiger partial charge >= 0.3 is 0 Å². The fraction of sp³-hybridized carbons (Fsp3) is 0.609. The van der Waals surface area contributed by atoms with E-state index in [0.29, 0.717) is 38.2 Å². The number of benzene rings is 1. The van der Waals surface area contributed by atoms with Crippen molar-refractivity contribution in [2.45, 2.75) is 58.3 Å². The Balaban J connectivity index is 1.36. The fourth-order valence-electron chi connectivity index (χ4n) is 4.25. The van der Waals surface area contributed by atoms with Gasteiger partial charge in [0.2, 0.25) is 11.8 Å². The van der Waals surface area contributed by atoms with Crippen molar-refractivity contribution in [1.82, 2.24) is 9.80 Å². The zero-order valence-corrected chi connectivity index (χ0v) is 17.0. The second-order valence-corrected chi connectivity index (χ2v) is 8.24. The first-order valence-electron chi connectivity index (χ1n) is 10.7. The number of amides is 2. The third-order valence-corrected chi connectivity index (χ3v) is 6.17. The maximum atomic E-state index is 12.4. The van der Waals surface area contributed by atoms with Gasteiger partial charge in [-0.2, -0.15) is 0 Å². The highest BCUT2D eigenvalue weighted by molar-refractivity contribution is 5.98. The third kappa shape index (κ3) is 5.66. The van der Waals surface area contributed by atoms with Crippen molar-refractivity contribution in [3.63, 3.8) is 0 Å². The Labute approximate surface area is 168 Å². The maximum absolute atomic E-state index is 12.4. The molecule has 0 radical (unpaired) electrons. The Morgan fingerprint density at radius 3 is 1.93 bits per heavy atom. The number of nitrogens with zero attached hydrogens (tertiary/aromatic N) is 2. The molecule has 5 heteroatoms. The van der Waals surface area contributed by atoms with Crippen molar-refractivity contribution in [2.24, 2.45) is 5.92 Å². The van der Waals surface area contributed by atoms with Gasteiger partial charge in [0.25, 0.3) is 0 Å². The number of carbonyl (C=O) groups excluding carboxylic acids is 3. The minimum atomic E-state index is 0.00840. The smallest absolute Gasteiger partial charge is 0.223 e. The molecule has 152 valence electrons. The van der Waals surface area contributed by atoms with Crippen LogP contribution in [0, 0.1) is 12.8 Å². The third-order valence-electron chi connectivity index (χ3n) is 6.17. The van der Waals surface area contributed by atoms with Gasteiger partial charge in [-0.3, -0.25) is 14.4 Å². The summed E-state index contributed by atoms with van der Waals surface area (Å²) in [5.74, 6) is 0.985. The Hall–Kier alpha value is -2.17. The average molecular weight is 385 g/mol. The standard InChI is InChI=1S/C23H32N2O3/c1-18-6-9-20(10-7-18)21(26)11-13-23(28)25-16-14-24(15-17-25)22(27)12-8-19-4-2-3-5-19/h6-7,9-10,19H,2-5,8,11-17H2,1H3. The second kappa shape index (κ2) is 9.85. The van der Waals surface area contributed by atoms with E-state index >= 15 is 0 Å². The van der Waals surface area contributed by atoms with Gasteiger partial charge in [0.15, 0.2) is 5.78 Å². The Morgan fingerprint density at radius 2 is 1.36 bits per heavy atom. The summed E-state index contributed by atoms with van der Waals surface area (Å²) in [6.07, 6.45) is 7.30. The van der Waals surface area contributed by atoms with Gasteiger partial charge < -0.3 is 9.80 Å². The molecule has 28 heavy (non-hydrogen) atoms. The van der Waals surface area contributed by atoms with Crippen molar-refractivity contribution < 1.29 is 14.4 Å². The van der Waals surface area contributed by atoms with Crippen LogP contribution in [0.5, 0.6) is 0 Å². The second-order valence-electron chi connectivity index (χ2n) is 8.24. The number of ketones is 1. The SMILES string of the molecule is Cc1ccc(C(=O)CCC(=O)N2CCN(C(=O)CCC3CCCC3)CC2)cc1. The quantitative estimate of drug-likeness (QED) is 0.675. The van der Waals surface area contributed by atoms with Crippen molar-refractivity contribution >= 4 is 17.6 Å². The highest BCUT2D eigenvalue weighted by atomic mass is 16.2. The fourth-order valence-corrected chi connectivity index (χ4v) is 4.25. The molecule has 0 bridgehead atoms. The summed E-state index contributed by atoms with van der Waals surface area (Å²) in [5, 5.41) is 0. The first kappa shape index (κ1) is 20.6. The van der Waals surface area contributed by atoms with E-state index in [0.717, 1.165) is 17.9 Å². The van der Waals surface area contributed by atoms with Crippen molar-refractivity contribution in [2.75, 3.05) is 26.2 Å². The Bertz CT molecular complexity index is 684. The summed E-state index contributed by atoms with van der Waals surface area (Å²) >= 11 is 0. The van der Waals surface area contributed by atoms with Gasteiger partial charge in [-0.15, -0.1) is 0 Å². The number of Topliss-reactive ketones (excluding diaryl/α,β-unsaturated/α-hetero) is 1. The molecule has 0 atom stereocenters. The Morgan fingerprint density at radius 1 is 0.821 bits per heavy atom. The molecule has 1 saturated carbocycles. The van der Waals surface area contributed by atoms with E-state index in [1.54, 1.807) is 4.90 Å². The van der Waals surface area contributed by atoms with Gasteiger partial charge in [0, 0.05) is 51.0 Å². The predicted molar refractivity (Wildman–Crippen MR) is 109 cm³/mol. The largest absolute Gasteiger partial charge is 0.339 e. The number of piperazine rings is 1. The molecular weight excluding hydrogens is 352 g/mol. The van der Waals surface area contributed by atoms with E-state index in [1.807, 2.05) is 36.1 Å². The summed E-state index contributed by atoms with van der Waals surface area (Å²) < 4.78 is 0. The number of carbonyl (C=O) groups is 3. The van der Waals surface area contributed by atoms with Crippen LogP contribution in [0.2, 0.25) is 0 Å². The molecule has 1 aromatic rings. The summed E-state index contributed by atoms with van der Waals surface area (Å²) in [4.78, 5) is 40.8. The van der Waals surface area contributed by atoms with Gasteiger partial charge in [-0.05, 0) is 19.3 Å². The molecule has 3 rings (SSSR count). The number of aryl methyl sites for hydroxylation is 1. The van der Waals surface area contributed by atoms with E-state index in [9.17, 15) is 14.4 Å². The number of hydrogen-bond donors (Lipinski definition) is 0. The minimum absolute atomic E-state index is 0.00840. The molecule has 1 aliphatic carbocycles. The summed E-state index contributed by atoms with van der Waals surface area (Å²) in [6, 6.07) is 7.46. The molecule has 1 saturated heterocycles. The molecule has 2 fully saturated rings. The van der Waals surface area contributed by atoms with Crippen molar-refractivity contribution in [1.29, 1.82) is 0 Å². The highest BCUT2D eigenvalue weighted by Gasteiger charge is 2.25. The normalized spacial score (nSPS) is 17.8. The zero-order valence-electron chi connectivity index (χ0n) is 17.0. The van der Waals surface area contributed by atoms with Gasteiger partial charge in [0.1, 0.15) is 0 Å². The molecule has 5 nitrogen and oxygen atoms in total. The van der Waals surface area contributed by atoms with Crippen LogP contribution >= 0.6 is 0 Å². The first-order valence-corrected chi connectivity index (χ1v) is 10.7. The average Bonchev–Trinajstić information content (AvgIpc) is 3.24. The lowest BCUT2D eigenvalue weighted by molar-refractivity contribution is -0.139. The van der Waals surface area contributed by atoms with E-state index < -0.39 is 0 Å². The van der Waals surface area contributed by atoms with E-state index in [2.05, 4.69) is 0 Å².